The number of hydrogen-bond acceptors (Lipinski definition) is 3. The zero-order valence-electron chi connectivity index (χ0n) is 11.4. The van der Waals surface area contributed by atoms with E-state index in [0.717, 1.165) is 30.4 Å². The Balaban J connectivity index is 2.25. The summed E-state index contributed by atoms with van der Waals surface area (Å²) in [6, 6.07) is 10.6. The Morgan fingerprint density at radius 3 is 2.56 bits per heavy atom. The van der Waals surface area contributed by atoms with Crippen LogP contribution in [-0.2, 0) is 4.43 Å². The lowest BCUT2D eigenvalue weighted by molar-refractivity contribution is 0.108. The lowest BCUT2D eigenvalue weighted by Gasteiger charge is -2.21. The molecule has 0 unspecified atom stereocenters. The summed E-state index contributed by atoms with van der Waals surface area (Å²) in [5, 5.41) is 0.173. The molecule has 1 rings (SSSR count). The van der Waals surface area contributed by atoms with Gasteiger partial charge >= 0.3 is 0 Å². The summed E-state index contributed by atoms with van der Waals surface area (Å²) < 4.78 is 5.77. The van der Waals surface area contributed by atoms with Gasteiger partial charge in [-0.1, -0.05) is 42.1 Å². The zero-order chi connectivity index (χ0) is 13.4. The molecule has 0 atom stereocenters. The number of hydrogen-bond donors (Lipinski definition) is 0. The van der Waals surface area contributed by atoms with Gasteiger partial charge in [-0.2, -0.15) is 0 Å². The average Bonchev–Trinajstić information content (AvgIpc) is 2.35. The van der Waals surface area contributed by atoms with E-state index in [1.165, 1.54) is 11.8 Å². The number of thioether (sulfide) groups is 1. The first-order valence-corrected chi connectivity index (χ1v) is 10.5. The largest absolute Gasteiger partial charge is 0.418 e. The molecule has 0 bridgehead atoms. The highest BCUT2D eigenvalue weighted by Crippen LogP contribution is 2.18. The minimum absolute atomic E-state index is 0.173. The Bertz CT molecular complexity index is 365. The number of carbonyl (C=O) groups excluding carboxylic acids is 1. The predicted octanol–water partition coefficient (Wildman–Crippen LogP) is 4.19. The average molecular weight is 282 g/mol. The van der Waals surface area contributed by atoms with Crippen LogP contribution in [0.1, 0.15) is 23.7 Å². The molecule has 0 spiro atoms. The Morgan fingerprint density at radius 2 is 1.94 bits per heavy atom. The lowest BCUT2D eigenvalue weighted by Crippen LogP contribution is -2.30. The fourth-order valence-corrected chi connectivity index (χ4v) is 4.77. The minimum Gasteiger partial charge on any atom is -0.418 e. The normalized spacial score (nSPS) is 11.5. The molecular weight excluding hydrogens is 260 g/mol. The van der Waals surface area contributed by atoms with Crippen LogP contribution in [0.3, 0.4) is 0 Å². The van der Waals surface area contributed by atoms with E-state index < -0.39 is 8.32 Å². The first kappa shape index (κ1) is 15.5. The third kappa shape index (κ3) is 5.84. The monoisotopic (exact) mass is 282 g/mol. The smallest absolute Gasteiger partial charge is 0.219 e. The van der Waals surface area contributed by atoms with Crippen molar-refractivity contribution in [2.45, 2.75) is 32.5 Å². The van der Waals surface area contributed by atoms with E-state index in [-0.39, 0.29) is 5.12 Å². The fraction of sp³-hybridized carbons (Fsp3) is 0.500. The second-order valence-electron chi connectivity index (χ2n) is 4.80. The number of benzene rings is 1. The number of carbonyl (C=O) groups is 1. The maximum Gasteiger partial charge on any atom is 0.219 e. The molecule has 2 nitrogen and oxygen atoms in total. The van der Waals surface area contributed by atoms with Gasteiger partial charge in [-0.15, -0.1) is 0 Å². The topological polar surface area (TPSA) is 26.3 Å². The fourth-order valence-electron chi connectivity index (χ4n) is 1.78. The molecule has 0 aliphatic heterocycles. The van der Waals surface area contributed by atoms with Gasteiger partial charge in [0.1, 0.15) is 0 Å². The predicted molar refractivity (Wildman–Crippen MR) is 81.8 cm³/mol. The van der Waals surface area contributed by atoms with Crippen molar-refractivity contribution >= 4 is 25.2 Å². The van der Waals surface area contributed by atoms with Crippen LogP contribution in [0.4, 0.5) is 0 Å². The molecule has 0 amide bonds. The molecule has 0 aliphatic rings. The Morgan fingerprint density at radius 1 is 1.28 bits per heavy atom. The van der Waals surface area contributed by atoms with Gasteiger partial charge in [-0.05, 0) is 32.5 Å². The second-order valence-corrected chi connectivity index (χ2v) is 10.2. The van der Waals surface area contributed by atoms with Crippen LogP contribution >= 0.6 is 11.8 Å². The molecule has 0 N–H and O–H groups in total. The molecule has 100 valence electrons. The van der Waals surface area contributed by atoms with Gasteiger partial charge in [0.05, 0.1) is 0 Å². The van der Waals surface area contributed by atoms with Crippen molar-refractivity contribution in [1.82, 2.24) is 0 Å². The van der Waals surface area contributed by atoms with Crippen LogP contribution in [0.5, 0.6) is 0 Å². The molecule has 0 aromatic heterocycles. The quantitative estimate of drug-likeness (QED) is 0.554. The standard InChI is InChI=1S/C14H22O2SSi/c1-4-16-18(2,3)12-8-11-17-14(15)13-9-6-5-7-10-13/h5-7,9-10H,4,8,11-12H2,1-3H3. The van der Waals surface area contributed by atoms with Crippen molar-refractivity contribution in [2.75, 3.05) is 12.4 Å². The molecular formula is C14H22O2SSi. The van der Waals surface area contributed by atoms with E-state index in [4.69, 9.17) is 4.43 Å². The minimum atomic E-state index is -1.48. The van der Waals surface area contributed by atoms with Crippen molar-refractivity contribution in [2.24, 2.45) is 0 Å². The van der Waals surface area contributed by atoms with Gasteiger partial charge in [0.15, 0.2) is 8.32 Å². The van der Waals surface area contributed by atoms with Crippen LogP contribution in [0.2, 0.25) is 19.1 Å². The van der Waals surface area contributed by atoms with E-state index in [1.54, 1.807) is 0 Å². The van der Waals surface area contributed by atoms with Gasteiger partial charge in [0.25, 0.3) is 0 Å². The van der Waals surface area contributed by atoms with Crippen molar-refractivity contribution in [3.8, 4) is 0 Å². The lowest BCUT2D eigenvalue weighted by atomic mass is 10.2. The molecule has 0 radical (unpaired) electrons. The molecule has 18 heavy (non-hydrogen) atoms. The molecule has 0 heterocycles. The third-order valence-electron chi connectivity index (χ3n) is 2.70. The van der Waals surface area contributed by atoms with E-state index >= 15 is 0 Å². The van der Waals surface area contributed by atoms with Crippen molar-refractivity contribution in [1.29, 1.82) is 0 Å². The van der Waals surface area contributed by atoms with Gasteiger partial charge in [-0.25, -0.2) is 0 Å². The summed E-state index contributed by atoms with van der Waals surface area (Å²) in [6.45, 7) is 7.32. The van der Waals surface area contributed by atoms with Crippen LogP contribution in [-0.4, -0.2) is 25.8 Å². The molecule has 0 saturated carbocycles. The van der Waals surface area contributed by atoms with E-state index in [9.17, 15) is 4.79 Å². The Labute approximate surface area is 115 Å². The molecule has 0 saturated heterocycles. The van der Waals surface area contributed by atoms with Crippen LogP contribution in [0.25, 0.3) is 0 Å². The second kappa shape index (κ2) is 7.76. The van der Waals surface area contributed by atoms with Gasteiger partial charge in [0, 0.05) is 17.9 Å². The molecule has 0 fully saturated rings. The Hall–Kier alpha value is -0.583. The highest BCUT2D eigenvalue weighted by molar-refractivity contribution is 8.14. The summed E-state index contributed by atoms with van der Waals surface area (Å²) in [5.74, 6) is 0.886. The first-order valence-electron chi connectivity index (χ1n) is 6.41. The van der Waals surface area contributed by atoms with Gasteiger partial charge < -0.3 is 4.43 Å². The SMILES string of the molecule is CCO[Si](C)(C)CCCSC(=O)c1ccccc1. The maximum atomic E-state index is 11.8. The summed E-state index contributed by atoms with van der Waals surface area (Å²) in [4.78, 5) is 11.8. The van der Waals surface area contributed by atoms with E-state index in [0.29, 0.717) is 0 Å². The third-order valence-corrected chi connectivity index (χ3v) is 6.32. The summed E-state index contributed by atoms with van der Waals surface area (Å²) in [6.07, 6.45) is 1.06. The molecule has 1 aromatic carbocycles. The van der Waals surface area contributed by atoms with Crippen molar-refractivity contribution < 1.29 is 9.22 Å². The van der Waals surface area contributed by atoms with E-state index in [2.05, 4.69) is 13.1 Å². The highest BCUT2D eigenvalue weighted by atomic mass is 32.2. The van der Waals surface area contributed by atoms with E-state index in [1.807, 2.05) is 37.3 Å². The number of rotatable bonds is 7. The van der Waals surface area contributed by atoms with Crippen LogP contribution in [0, 0.1) is 0 Å². The first-order chi connectivity index (χ1) is 8.55. The Kier molecular flexibility index (Phi) is 6.68. The maximum absolute atomic E-state index is 11.8. The molecule has 4 heteroatoms. The highest BCUT2D eigenvalue weighted by Gasteiger charge is 2.20. The molecule has 0 aliphatic carbocycles. The van der Waals surface area contributed by atoms with Gasteiger partial charge in [-0.3, -0.25) is 4.79 Å². The molecule has 1 aromatic rings. The van der Waals surface area contributed by atoms with Gasteiger partial charge in [0.2, 0.25) is 5.12 Å². The summed E-state index contributed by atoms with van der Waals surface area (Å²) >= 11 is 1.42. The van der Waals surface area contributed by atoms with Crippen molar-refractivity contribution in [3.05, 3.63) is 35.9 Å². The summed E-state index contributed by atoms with van der Waals surface area (Å²) in [5.41, 5.74) is 0.795. The van der Waals surface area contributed by atoms with Crippen LogP contribution in [0.15, 0.2) is 30.3 Å². The zero-order valence-corrected chi connectivity index (χ0v) is 13.3. The van der Waals surface area contributed by atoms with Crippen LogP contribution < -0.4 is 0 Å². The summed E-state index contributed by atoms with van der Waals surface area (Å²) in [7, 11) is -1.48. The van der Waals surface area contributed by atoms with Crippen molar-refractivity contribution in [3.63, 3.8) is 0 Å².